The number of nitrogens with zero attached hydrogens (tertiary/aromatic N) is 2. The average Bonchev–Trinajstić information content (AvgIpc) is 2.36. The fourth-order valence-corrected chi connectivity index (χ4v) is 2.95. The molecule has 1 heterocycles. The van der Waals surface area contributed by atoms with Crippen LogP contribution in [0, 0.1) is 16.7 Å². The predicted molar refractivity (Wildman–Crippen MR) is 74.8 cm³/mol. The lowest BCUT2D eigenvalue weighted by Gasteiger charge is -2.30. The Morgan fingerprint density at radius 2 is 2.10 bits per heavy atom. The van der Waals surface area contributed by atoms with E-state index in [9.17, 15) is 13.2 Å². The van der Waals surface area contributed by atoms with E-state index in [1.54, 1.807) is 26.8 Å². The number of aliphatic carboxylic acids is 1. The van der Waals surface area contributed by atoms with Crippen LogP contribution in [0.4, 0.5) is 0 Å². The Labute approximate surface area is 123 Å². The molecule has 0 spiro atoms. The zero-order valence-corrected chi connectivity index (χ0v) is 12.8. The number of sulfonamides is 1. The van der Waals surface area contributed by atoms with Crippen LogP contribution in [0.15, 0.2) is 23.2 Å². The van der Waals surface area contributed by atoms with Gasteiger partial charge in [0.15, 0.2) is 0 Å². The number of hydrogen-bond donors (Lipinski definition) is 2. The fourth-order valence-electron chi connectivity index (χ4n) is 1.56. The average molecular weight is 311 g/mol. The first-order valence-corrected chi connectivity index (χ1v) is 7.65. The minimum absolute atomic E-state index is 0.104. The van der Waals surface area contributed by atoms with Crippen LogP contribution in [0.1, 0.15) is 32.9 Å². The highest BCUT2D eigenvalue weighted by molar-refractivity contribution is 7.89. The highest BCUT2D eigenvalue weighted by Crippen LogP contribution is 2.24. The number of carboxylic acid groups (broad SMARTS) is 1. The third kappa shape index (κ3) is 4.81. The van der Waals surface area contributed by atoms with Crippen LogP contribution in [0.25, 0.3) is 0 Å². The summed E-state index contributed by atoms with van der Waals surface area (Å²) in [5.41, 5.74) is -0.460. The summed E-state index contributed by atoms with van der Waals surface area (Å²) in [5, 5.41) is 17.5. The molecule has 0 aliphatic heterocycles. The quantitative estimate of drug-likeness (QED) is 0.840. The van der Waals surface area contributed by atoms with Crippen molar-refractivity contribution in [1.29, 1.82) is 5.26 Å². The first kappa shape index (κ1) is 17.1. The maximum absolute atomic E-state index is 12.2. The third-order valence-corrected chi connectivity index (χ3v) is 4.34. The summed E-state index contributed by atoms with van der Waals surface area (Å²) < 4.78 is 26.9. The second kappa shape index (κ2) is 6.20. The number of carboxylic acids is 1. The van der Waals surface area contributed by atoms with E-state index in [2.05, 4.69) is 9.71 Å². The summed E-state index contributed by atoms with van der Waals surface area (Å²) in [6.07, 6.45) is 0.744. The molecule has 2 N–H and O–H groups in total. The summed E-state index contributed by atoms with van der Waals surface area (Å²) in [6.45, 7) is 5.25. The van der Waals surface area contributed by atoms with Crippen molar-refractivity contribution in [2.24, 2.45) is 5.41 Å². The normalized spacial score (nSPS) is 13.4. The van der Waals surface area contributed by atoms with E-state index >= 15 is 0 Å². The van der Waals surface area contributed by atoms with Gasteiger partial charge in [-0.1, -0.05) is 20.8 Å². The lowest BCUT2D eigenvalue weighted by Crippen LogP contribution is -2.44. The maximum Gasteiger partial charge on any atom is 0.304 e. The molecule has 0 fully saturated rings. The van der Waals surface area contributed by atoms with E-state index < -0.39 is 27.4 Å². The second-order valence-electron chi connectivity index (χ2n) is 5.63. The van der Waals surface area contributed by atoms with Crippen molar-refractivity contribution in [2.75, 3.05) is 0 Å². The van der Waals surface area contributed by atoms with Gasteiger partial charge in [0.25, 0.3) is 0 Å². The number of pyridine rings is 1. The number of rotatable bonds is 5. The molecule has 0 radical (unpaired) electrons. The van der Waals surface area contributed by atoms with Crippen molar-refractivity contribution in [3.63, 3.8) is 0 Å². The van der Waals surface area contributed by atoms with Crippen LogP contribution in [0.5, 0.6) is 0 Å². The van der Waals surface area contributed by atoms with Gasteiger partial charge in [0, 0.05) is 12.2 Å². The van der Waals surface area contributed by atoms with E-state index in [1.807, 2.05) is 0 Å². The van der Waals surface area contributed by atoms with Gasteiger partial charge in [0.2, 0.25) is 10.0 Å². The molecule has 0 saturated heterocycles. The Morgan fingerprint density at radius 3 is 2.48 bits per heavy atom. The zero-order chi connectivity index (χ0) is 16.3. The fraction of sp³-hybridized carbons (Fsp3) is 0.462. The van der Waals surface area contributed by atoms with Crippen molar-refractivity contribution in [3.8, 4) is 6.07 Å². The Kier molecular flexibility index (Phi) is 5.04. The van der Waals surface area contributed by atoms with Crippen molar-refractivity contribution in [2.45, 2.75) is 38.1 Å². The van der Waals surface area contributed by atoms with Crippen molar-refractivity contribution in [3.05, 3.63) is 24.0 Å². The van der Waals surface area contributed by atoms with Crippen LogP contribution in [0.3, 0.4) is 0 Å². The first-order valence-electron chi connectivity index (χ1n) is 6.16. The van der Waals surface area contributed by atoms with Gasteiger partial charge in [-0.05, 0) is 17.5 Å². The topological polar surface area (TPSA) is 120 Å². The number of aromatic nitrogens is 1. The third-order valence-electron chi connectivity index (χ3n) is 2.88. The van der Waals surface area contributed by atoms with Gasteiger partial charge in [-0.15, -0.1) is 0 Å². The van der Waals surface area contributed by atoms with Gasteiger partial charge < -0.3 is 5.11 Å². The van der Waals surface area contributed by atoms with Crippen molar-refractivity contribution in [1.82, 2.24) is 9.71 Å². The van der Waals surface area contributed by atoms with Crippen LogP contribution in [0.2, 0.25) is 0 Å². The molecule has 0 amide bonds. The first-order chi connectivity index (χ1) is 9.56. The summed E-state index contributed by atoms with van der Waals surface area (Å²) in [5.74, 6) is -1.09. The summed E-state index contributed by atoms with van der Waals surface area (Å²) in [7, 11) is -3.90. The molecular formula is C13H17N3O4S. The lowest BCUT2D eigenvalue weighted by molar-refractivity contribution is -0.138. The van der Waals surface area contributed by atoms with Gasteiger partial charge in [-0.25, -0.2) is 18.1 Å². The Balaban J connectivity index is 3.05. The van der Waals surface area contributed by atoms with E-state index in [1.165, 1.54) is 12.1 Å². The molecule has 1 atom stereocenters. The van der Waals surface area contributed by atoms with Gasteiger partial charge >= 0.3 is 5.97 Å². The smallest absolute Gasteiger partial charge is 0.304 e. The minimum Gasteiger partial charge on any atom is -0.481 e. The molecule has 0 aliphatic rings. The minimum atomic E-state index is -3.90. The van der Waals surface area contributed by atoms with Gasteiger partial charge in [-0.3, -0.25) is 4.79 Å². The van der Waals surface area contributed by atoms with Gasteiger partial charge in [0.1, 0.15) is 16.7 Å². The van der Waals surface area contributed by atoms with Gasteiger partial charge in [-0.2, -0.15) is 5.26 Å². The molecule has 0 aromatic carbocycles. The molecule has 1 rings (SSSR count). The molecular weight excluding hydrogens is 294 g/mol. The highest BCUT2D eigenvalue weighted by Gasteiger charge is 2.31. The van der Waals surface area contributed by atoms with Crippen LogP contribution in [-0.2, 0) is 14.8 Å². The summed E-state index contributed by atoms with van der Waals surface area (Å²) in [4.78, 5) is 14.5. The molecule has 1 unspecified atom stereocenters. The van der Waals surface area contributed by atoms with Crippen LogP contribution >= 0.6 is 0 Å². The van der Waals surface area contributed by atoms with Crippen molar-refractivity contribution < 1.29 is 18.3 Å². The standard InChI is InChI=1S/C13H17N3O4S/c1-13(2,3)11(6-12(17)18)16-21(19,20)10-5-4-9(7-14)15-8-10/h4-5,8,11,16H,6H2,1-3H3,(H,17,18). The zero-order valence-electron chi connectivity index (χ0n) is 12.0. The van der Waals surface area contributed by atoms with E-state index in [4.69, 9.17) is 10.4 Å². The molecule has 21 heavy (non-hydrogen) atoms. The summed E-state index contributed by atoms with van der Waals surface area (Å²) in [6, 6.07) is 3.57. The largest absolute Gasteiger partial charge is 0.481 e. The Bertz CT molecular complexity index is 654. The molecule has 8 heteroatoms. The van der Waals surface area contributed by atoms with E-state index in [0.29, 0.717) is 0 Å². The maximum atomic E-state index is 12.2. The van der Waals surface area contributed by atoms with Gasteiger partial charge in [0.05, 0.1) is 6.42 Å². The molecule has 0 aliphatic carbocycles. The Morgan fingerprint density at radius 1 is 1.48 bits per heavy atom. The van der Waals surface area contributed by atoms with Crippen LogP contribution < -0.4 is 4.72 Å². The number of nitriles is 1. The molecule has 1 aromatic rings. The molecule has 0 bridgehead atoms. The highest BCUT2D eigenvalue weighted by atomic mass is 32.2. The number of hydrogen-bond acceptors (Lipinski definition) is 5. The predicted octanol–water partition coefficient (Wildman–Crippen LogP) is 1.12. The van der Waals surface area contributed by atoms with E-state index in [0.717, 1.165) is 6.20 Å². The second-order valence-corrected chi connectivity index (χ2v) is 7.34. The monoisotopic (exact) mass is 311 g/mol. The number of carbonyl (C=O) groups is 1. The molecule has 1 aromatic heterocycles. The lowest BCUT2D eigenvalue weighted by atomic mass is 9.85. The number of nitrogens with one attached hydrogen (secondary N) is 1. The molecule has 0 saturated carbocycles. The summed E-state index contributed by atoms with van der Waals surface area (Å²) >= 11 is 0. The molecule has 114 valence electrons. The SMILES string of the molecule is CC(C)(C)C(CC(=O)O)NS(=O)(=O)c1ccc(C#N)nc1. The molecule has 7 nitrogen and oxygen atoms in total. The van der Waals surface area contributed by atoms with Crippen molar-refractivity contribution >= 4 is 16.0 Å². The Hall–Kier alpha value is -1.98. The van der Waals surface area contributed by atoms with E-state index in [-0.39, 0.29) is 17.0 Å². The van der Waals surface area contributed by atoms with Crippen LogP contribution in [-0.4, -0.2) is 30.5 Å².